The number of hydrogen-bond acceptors (Lipinski definition) is 4. The Kier molecular flexibility index (Phi) is 6.90. The minimum Gasteiger partial charge on any atom is -0.341 e. The summed E-state index contributed by atoms with van der Waals surface area (Å²) in [5, 5.41) is 0. The Morgan fingerprint density at radius 2 is 1.62 bits per heavy atom. The van der Waals surface area contributed by atoms with Gasteiger partial charge >= 0.3 is 0 Å². The normalized spacial score (nSPS) is 14.7. The van der Waals surface area contributed by atoms with Gasteiger partial charge in [0.25, 0.3) is 10.0 Å². The lowest BCUT2D eigenvalue weighted by Crippen LogP contribution is -2.44. The molecule has 1 fully saturated rings. The topological polar surface area (TPSA) is 57.7 Å². The van der Waals surface area contributed by atoms with Crippen LogP contribution in [0.1, 0.15) is 31.2 Å². The highest BCUT2D eigenvalue weighted by Crippen LogP contribution is 2.27. The summed E-state index contributed by atoms with van der Waals surface area (Å²) >= 11 is 1.55. The van der Waals surface area contributed by atoms with Gasteiger partial charge in [-0.1, -0.05) is 30.5 Å². The van der Waals surface area contributed by atoms with Crippen molar-refractivity contribution < 1.29 is 13.2 Å². The van der Waals surface area contributed by atoms with Crippen LogP contribution in [0.2, 0.25) is 0 Å². The molecule has 1 aliphatic carbocycles. The quantitative estimate of drug-likeness (QED) is 0.612. The molecule has 0 aromatic heterocycles. The lowest BCUT2D eigenvalue weighted by Gasteiger charge is -2.29. The highest BCUT2D eigenvalue weighted by Gasteiger charge is 2.30. The first-order valence-electron chi connectivity index (χ1n) is 9.82. The van der Waals surface area contributed by atoms with Gasteiger partial charge in [-0.2, -0.15) is 0 Å². The fourth-order valence-electron chi connectivity index (χ4n) is 3.63. The van der Waals surface area contributed by atoms with E-state index in [-0.39, 0.29) is 23.4 Å². The minimum atomic E-state index is -3.87. The number of carbonyl (C=O) groups excluding carboxylic acids is 1. The van der Waals surface area contributed by atoms with Crippen molar-refractivity contribution in [3.63, 3.8) is 0 Å². The van der Waals surface area contributed by atoms with Crippen LogP contribution in [0.3, 0.4) is 0 Å². The second-order valence-electron chi connectivity index (χ2n) is 7.47. The smallest absolute Gasteiger partial charge is 0.264 e. The van der Waals surface area contributed by atoms with Crippen molar-refractivity contribution in [1.82, 2.24) is 4.90 Å². The van der Waals surface area contributed by atoms with E-state index >= 15 is 0 Å². The summed E-state index contributed by atoms with van der Waals surface area (Å²) in [6.07, 6.45) is 6.14. The van der Waals surface area contributed by atoms with Crippen LogP contribution in [-0.4, -0.2) is 45.1 Å². The van der Waals surface area contributed by atoms with E-state index in [2.05, 4.69) is 0 Å². The van der Waals surface area contributed by atoms with Gasteiger partial charge in [-0.15, -0.1) is 11.8 Å². The zero-order valence-corrected chi connectivity index (χ0v) is 18.8. The van der Waals surface area contributed by atoms with E-state index in [4.69, 9.17) is 0 Å². The SMILES string of the molecule is CSc1ccc(S(=O)(=O)N(CC(=O)N(C)C2CCCC2)c2ccc(C)cc2)cc1. The van der Waals surface area contributed by atoms with Crippen molar-refractivity contribution in [2.75, 3.05) is 24.2 Å². The predicted octanol–water partition coefficient (Wildman–Crippen LogP) is 4.31. The van der Waals surface area contributed by atoms with E-state index < -0.39 is 10.0 Å². The molecule has 0 saturated heterocycles. The van der Waals surface area contributed by atoms with Crippen LogP contribution < -0.4 is 4.31 Å². The molecule has 7 heteroatoms. The van der Waals surface area contributed by atoms with Crippen LogP contribution in [0.15, 0.2) is 58.3 Å². The van der Waals surface area contributed by atoms with Gasteiger partial charge in [0.15, 0.2) is 0 Å². The highest BCUT2D eigenvalue weighted by molar-refractivity contribution is 7.98. The molecule has 5 nitrogen and oxygen atoms in total. The molecule has 156 valence electrons. The van der Waals surface area contributed by atoms with Crippen LogP contribution in [0, 0.1) is 6.92 Å². The molecule has 0 radical (unpaired) electrons. The molecule has 0 N–H and O–H groups in total. The molecule has 1 saturated carbocycles. The first kappa shape index (κ1) is 21.7. The maximum absolute atomic E-state index is 13.4. The summed E-state index contributed by atoms with van der Waals surface area (Å²) < 4.78 is 28.1. The summed E-state index contributed by atoms with van der Waals surface area (Å²) in [6.45, 7) is 1.74. The van der Waals surface area contributed by atoms with E-state index in [1.807, 2.05) is 25.3 Å². The summed E-state index contributed by atoms with van der Waals surface area (Å²) in [5.74, 6) is -0.179. The Morgan fingerprint density at radius 1 is 1.03 bits per heavy atom. The largest absolute Gasteiger partial charge is 0.341 e. The summed E-state index contributed by atoms with van der Waals surface area (Å²) in [6, 6.07) is 14.2. The Hall–Kier alpha value is -1.99. The maximum Gasteiger partial charge on any atom is 0.264 e. The van der Waals surface area contributed by atoms with Gasteiger partial charge in [0.2, 0.25) is 5.91 Å². The summed E-state index contributed by atoms with van der Waals surface area (Å²) in [5.41, 5.74) is 1.53. The molecular weight excluding hydrogens is 404 g/mol. The van der Waals surface area contributed by atoms with Crippen LogP contribution in [0.5, 0.6) is 0 Å². The maximum atomic E-state index is 13.4. The summed E-state index contributed by atoms with van der Waals surface area (Å²) in [4.78, 5) is 15.9. The zero-order chi connectivity index (χ0) is 21.0. The number of amides is 1. The standard InChI is InChI=1S/C22H28N2O3S2/c1-17-8-10-19(11-9-17)24(16-22(25)23(2)18-6-4-5-7-18)29(26,27)21-14-12-20(28-3)13-15-21/h8-15,18H,4-7,16H2,1-3H3. The van der Waals surface area contributed by atoms with E-state index in [0.29, 0.717) is 5.69 Å². The number of carbonyl (C=O) groups is 1. The van der Waals surface area contributed by atoms with Gasteiger partial charge in [-0.3, -0.25) is 9.10 Å². The molecule has 3 rings (SSSR count). The molecule has 2 aromatic carbocycles. The van der Waals surface area contributed by atoms with Crippen molar-refractivity contribution in [2.24, 2.45) is 0 Å². The first-order valence-corrected chi connectivity index (χ1v) is 12.5. The Bertz CT molecular complexity index is 935. The van der Waals surface area contributed by atoms with Crippen LogP contribution in [0.25, 0.3) is 0 Å². The average Bonchev–Trinajstić information content (AvgIpc) is 3.27. The van der Waals surface area contributed by atoms with E-state index in [1.165, 1.54) is 4.31 Å². The van der Waals surface area contributed by atoms with Crippen molar-refractivity contribution >= 4 is 33.4 Å². The second-order valence-corrected chi connectivity index (χ2v) is 10.2. The fraction of sp³-hybridized carbons (Fsp3) is 0.409. The zero-order valence-electron chi connectivity index (χ0n) is 17.2. The van der Waals surface area contributed by atoms with E-state index in [1.54, 1.807) is 60.1 Å². The second kappa shape index (κ2) is 9.22. The molecular formula is C22H28N2O3S2. The molecule has 0 spiro atoms. The van der Waals surface area contributed by atoms with E-state index in [0.717, 1.165) is 36.1 Å². The molecule has 0 aliphatic heterocycles. The average molecular weight is 433 g/mol. The third-order valence-electron chi connectivity index (χ3n) is 5.51. The number of anilines is 1. The number of aryl methyl sites for hydroxylation is 1. The van der Waals surface area contributed by atoms with Crippen LogP contribution >= 0.6 is 11.8 Å². The van der Waals surface area contributed by atoms with Crippen molar-refractivity contribution in [1.29, 1.82) is 0 Å². The van der Waals surface area contributed by atoms with Gasteiger partial charge in [-0.05, 0) is 62.4 Å². The molecule has 0 bridgehead atoms. The van der Waals surface area contributed by atoms with Crippen molar-refractivity contribution in [3.8, 4) is 0 Å². The Labute approximate surface area is 178 Å². The first-order chi connectivity index (χ1) is 13.8. The van der Waals surface area contributed by atoms with Crippen molar-refractivity contribution in [2.45, 2.75) is 48.4 Å². The number of likely N-dealkylation sites (N-methyl/N-ethyl adjacent to an activating group) is 1. The number of nitrogens with zero attached hydrogens (tertiary/aromatic N) is 2. The van der Waals surface area contributed by atoms with Crippen LogP contribution in [0.4, 0.5) is 5.69 Å². The van der Waals surface area contributed by atoms with Gasteiger partial charge in [0.1, 0.15) is 6.54 Å². The lowest BCUT2D eigenvalue weighted by atomic mass is 10.2. The van der Waals surface area contributed by atoms with Gasteiger partial charge in [0, 0.05) is 18.0 Å². The number of sulfonamides is 1. The molecule has 1 amide bonds. The number of rotatable bonds is 7. The molecule has 1 aliphatic rings. The third-order valence-corrected chi connectivity index (χ3v) is 8.05. The van der Waals surface area contributed by atoms with E-state index in [9.17, 15) is 13.2 Å². The molecule has 0 atom stereocenters. The van der Waals surface area contributed by atoms with Gasteiger partial charge in [0.05, 0.1) is 10.6 Å². The predicted molar refractivity (Wildman–Crippen MR) is 119 cm³/mol. The Morgan fingerprint density at radius 3 is 2.17 bits per heavy atom. The molecule has 0 heterocycles. The fourth-order valence-corrected chi connectivity index (χ4v) is 5.45. The minimum absolute atomic E-state index is 0.179. The molecule has 29 heavy (non-hydrogen) atoms. The monoisotopic (exact) mass is 432 g/mol. The number of hydrogen-bond donors (Lipinski definition) is 0. The summed E-state index contributed by atoms with van der Waals surface area (Å²) in [7, 11) is -2.08. The van der Waals surface area contributed by atoms with Crippen molar-refractivity contribution in [3.05, 3.63) is 54.1 Å². The molecule has 0 unspecified atom stereocenters. The number of benzene rings is 2. The van der Waals surface area contributed by atoms with Gasteiger partial charge in [-0.25, -0.2) is 8.42 Å². The Balaban J connectivity index is 1.93. The number of thioether (sulfide) groups is 1. The van der Waals surface area contributed by atoms with Crippen LogP contribution in [-0.2, 0) is 14.8 Å². The molecule has 2 aromatic rings. The van der Waals surface area contributed by atoms with Gasteiger partial charge < -0.3 is 4.90 Å². The highest BCUT2D eigenvalue weighted by atomic mass is 32.2. The third kappa shape index (κ3) is 4.95. The lowest BCUT2D eigenvalue weighted by molar-refractivity contribution is -0.130.